The number of carbonyl (C=O) groups excluding carboxylic acids is 2. The number of halogens is 1. The molecule has 0 saturated carbocycles. The normalized spacial score (nSPS) is 15.6. The lowest BCUT2D eigenvalue weighted by atomic mass is 10.1. The number of ether oxygens (including phenoxy) is 1. The minimum atomic E-state index is -0.446. The first-order valence-electron chi connectivity index (χ1n) is 7.71. The average molecular weight is 357 g/mol. The van der Waals surface area contributed by atoms with Gasteiger partial charge in [0.1, 0.15) is 11.4 Å². The van der Waals surface area contributed by atoms with E-state index >= 15 is 0 Å². The highest BCUT2D eigenvalue weighted by molar-refractivity contribution is 6.30. The molecule has 1 N–H and O–H groups in total. The number of methoxy groups -OCH3 is 1. The van der Waals surface area contributed by atoms with Gasteiger partial charge in [-0.05, 0) is 36.8 Å². The number of nitrogens with zero attached hydrogens (tertiary/aromatic N) is 1. The smallest absolute Gasteiger partial charge is 0.329 e. The van der Waals surface area contributed by atoms with Crippen LogP contribution in [-0.2, 0) is 11.3 Å². The van der Waals surface area contributed by atoms with Crippen molar-refractivity contribution < 1.29 is 14.3 Å². The van der Waals surface area contributed by atoms with E-state index in [0.29, 0.717) is 16.3 Å². The van der Waals surface area contributed by atoms with Crippen molar-refractivity contribution in [3.63, 3.8) is 0 Å². The van der Waals surface area contributed by atoms with E-state index in [4.69, 9.17) is 16.3 Å². The molecule has 0 aliphatic carbocycles. The van der Waals surface area contributed by atoms with Gasteiger partial charge in [0, 0.05) is 10.6 Å². The molecule has 1 aliphatic rings. The van der Waals surface area contributed by atoms with Crippen LogP contribution in [0.3, 0.4) is 0 Å². The summed E-state index contributed by atoms with van der Waals surface area (Å²) in [5.74, 6) is 0.184. The first kappa shape index (κ1) is 17.0. The van der Waals surface area contributed by atoms with E-state index in [1.807, 2.05) is 31.2 Å². The predicted molar refractivity (Wildman–Crippen MR) is 96.2 cm³/mol. The summed E-state index contributed by atoms with van der Waals surface area (Å²) in [6.45, 7) is 2.20. The van der Waals surface area contributed by atoms with Crippen LogP contribution in [0.25, 0.3) is 6.08 Å². The van der Waals surface area contributed by atoms with Crippen LogP contribution in [0.2, 0.25) is 5.02 Å². The van der Waals surface area contributed by atoms with Crippen molar-refractivity contribution in [2.75, 3.05) is 7.11 Å². The maximum absolute atomic E-state index is 12.6. The van der Waals surface area contributed by atoms with Gasteiger partial charge in [0.05, 0.1) is 13.7 Å². The standard InChI is InChI=1S/C19H17ClN2O3/c1-12-3-5-13(6-4-12)11-22-18(23)16(21-19(22)24)10-14-9-15(20)7-8-17(14)25-2/h3-10H,11H2,1-2H3,(H,21,24)/b16-10+. The third-order valence-corrected chi connectivity index (χ3v) is 4.15. The topological polar surface area (TPSA) is 58.6 Å². The minimum Gasteiger partial charge on any atom is -0.496 e. The molecule has 0 radical (unpaired) electrons. The van der Waals surface area contributed by atoms with Gasteiger partial charge in [0.25, 0.3) is 5.91 Å². The number of hydrogen-bond acceptors (Lipinski definition) is 3. The van der Waals surface area contributed by atoms with E-state index in [9.17, 15) is 9.59 Å². The summed E-state index contributed by atoms with van der Waals surface area (Å²) in [4.78, 5) is 25.9. The molecule has 5 nitrogen and oxygen atoms in total. The van der Waals surface area contributed by atoms with E-state index in [1.54, 1.807) is 24.3 Å². The fraction of sp³-hybridized carbons (Fsp3) is 0.158. The third-order valence-electron chi connectivity index (χ3n) is 3.92. The Kier molecular flexibility index (Phi) is 4.76. The molecule has 1 saturated heterocycles. The van der Waals surface area contributed by atoms with E-state index in [2.05, 4.69) is 5.32 Å². The second-order valence-corrected chi connectivity index (χ2v) is 6.19. The van der Waals surface area contributed by atoms with Gasteiger partial charge in [-0.1, -0.05) is 41.4 Å². The highest BCUT2D eigenvalue weighted by Gasteiger charge is 2.33. The van der Waals surface area contributed by atoms with Gasteiger partial charge < -0.3 is 10.1 Å². The van der Waals surface area contributed by atoms with Crippen molar-refractivity contribution >= 4 is 29.6 Å². The van der Waals surface area contributed by atoms with Gasteiger partial charge in [-0.15, -0.1) is 0 Å². The first-order chi connectivity index (χ1) is 12.0. The van der Waals surface area contributed by atoms with Gasteiger partial charge in [0.15, 0.2) is 0 Å². The van der Waals surface area contributed by atoms with Crippen LogP contribution in [0.5, 0.6) is 5.75 Å². The van der Waals surface area contributed by atoms with E-state index in [1.165, 1.54) is 12.0 Å². The fourth-order valence-corrected chi connectivity index (χ4v) is 2.75. The lowest BCUT2D eigenvalue weighted by Crippen LogP contribution is -2.30. The molecule has 1 aliphatic heterocycles. The number of benzene rings is 2. The van der Waals surface area contributed by atoms with Crippen molar-refractivity contribution in [3.05, 3.63) is 69.9 Å². The third kappa shape index (κ3) is 3.67. The molecule has 0 spiro atoms. The Morgan fingerprint density at radius 3 is 2.56 bits per heavy atom. The van der Waals surface area contributed by atoms with Crippen LogP contribution < -0.4 is 10.1 Å². The van der Waals surface area contributed by atoms with Crippen LogP contribution >= 0.6 is 11.6 Å². The lowest BCUT2D eigenvalue weighted by molar-refractivity contribution is -0.123. The summed E-state index contributed by atoms with van der Waals surface area (Å²) in [7, 11) is 1.53. The van der Waals surface area contributed by atoms with Crippen molar-refractivity contribution in [1.29, 1.82) is 0 Å². The molecule has 2 aromatic rings. The maximum atomic E-state index is 12.6. The molecule has 0 unspecified atom stereocenters. The minimum absolute atomic E-state index is 0.192. The Morgan fingerprint density at radius 2 is 1.88 bits per heavy atom. The van der Waals surface area contributed by atoms with Gasteiger partial charge in [-0.25, -0.2) is 4.79 Å². The van der Waals surface area contributed by atoms with Crippen LogP contribution in [0.1, 0.15) is 16.7 Å². The van der Waals surface area contributed by atoms with Crippen molar-refractivity contribution in [1.82, 2.24) is 10.2 Å². The highest BCUT2D eigenvalue weighted by Crippen LogP contribution is 2.26. The molecule has 3 rings (SSSR count). The van der Waals surface area contributed by atoms with E-state index in [-0.39, 0.29) is 18.1 Å². The molecule has 0 bridgehead atoms. The Balaban J connectivity index is 1.86. The molecule has 6 heteroatoms. The quantitative estimate of drug-likeness (QED) is 0.670. The summed E-state index contributed by atoms with van der Waals surface area (Å²) in [6.07, 6.45) is 1.57. The zero-order valence-electron chi connectivity index (χ0n) is 13.9. The number of amides is 3. The zero-order valence-corrected chi connectivity index (χ0v) is 14.6. The highest BCUT2D eigenvalue weighted by atomic mass is 35.5. The van der Waals surface area contributed by atoms with Crippen LogP contribution in [0.15, 0.2) is 48.2 Å². The predicted octanol–water partition coefficient (Wildman–Crippen LogP) is 3.75. The summed E-state index contributed by atoms with van der Waals surface area (Å²) in [6, 6.07) is 12.3. The Morgan fingerprint density at radius 1 is 1.16 bits per heavy atom. The Bertz CT molecular complexity index is 859. The van der Waals surface area contributed by atoms with Gasteiger partial charge in [-0.2, -0.15) is 0 Å². The SMILES string of the molecule is COc1ccc(Cl)cc1/C=C1/NC(=O)N(Cc2ccc(C)cc2)C1=O. The molecule has 3 amide bonds. The van der Waals surface area contributed by atoms with Crippen LogP contribution in [0.4, 0.5) is 4.79 Å². The number of hydrogen-bond donors (Lipinski definition) is 1. The second-order valence-electron chi connectivity index (χ2n) is 5.75. The van der Waals surface area contributed by atoms with E-state index in [0.717, 1.165) is 11.1 Å². The second kappa shape index (κ2) is 6.99. The molecular weight excluding hydrogens is 340 g/mol. The number of urea groups is 1. The average Bonchev–Trinajstić information content (AvgIpc) is 2.84. The summed E-state index contributed by atoms with van der Waals surface area (Å²) < 4.78 is 5.27. The molecule has 0 aromatic heterocycles. The number of nitrogens with one attached hydrogen (secondary N) is 1. The number of imide groups is 1. The zero-order chi connectivity index (χ0) is 18.0. The monoisotopic (exact) mass is 356 g/mol. The Labute approximate surface area is 150 Å². The van der Waals surface area contributed by atoms with Gasteiger partial charge >= 0.3 is 6.03 Å². The number of rotatable bonds is 4. The summed E-state index contributed by atoms with van der Waals surface area (Å²) >= 11 is 6.01. The molecule has 2 aromatic carbocycles. The van der Waals surface area contributed by atoms with Crippen LogP contribution in [0, 0.1) is 6.92 Å². The Hall–Kier alpha value is -2.79. The summed E-state index contributed by atoms with van der Waals surface area (Å²) in [5, 5.41) is 3.12. The van der Waals surface area contributed by atoms with Crippen molar-refractivity contribution in [3.8, 4) is 5.75 Å². The van der Waals surface area contributed by atoms with Gasteiger partial charge in [0.2, 0.25) is 0 Å². The molecule has 1 fully saturated rings. The summed E-state index contributed by atoms with van der Waals surface area (Å²) in [5.41, 5.74) is 2.82. The van der Waals surface area contributed by atoms with Gasteiger partial charge in [-0.3, -0.25) is 9.69 Å². The lowest BCUT2D eigenvalue weighted by Gasteiger charge is -2.12. The van der Waals surface area contributed by atoms with Crippen molar-refractivity contribution in [2.45, 2.75) is 13.5 Å². The van der Waals surface area contributed by atoms with Crippen LogP contribution in [-0.4, -0.2) is 23.9 Å². The first-order valence-corrected chi connectivity index (χ1v) is 8.09. The van der Waals surface area contributed by atoms with Crippen molar-refractivity contribution in [2.24, 2.45) is 0 Å². The maximum Gasteiger partial charge on any atom is 0.329 e. The fourth-order valence-electron chi connectivity index (χ4n) is 2.56. The molecule has 1 heterocycles. The molecule has 128 valence electrons. The molecular formula is C19H17ClN2O3. The van der Waals surface area contributed by atoms with E-state index < -0.39 is 6.03 Å². The molecule has 25 heavy (non-hydrogen) atoms. The largest absolute Gasteiger partial charge is 0.496 e. The number of carbonyl (C=O) groups is 2. The molecule has 0 atom stereocenters. The number of aryl methyl sites for hydroxylation is 1.